The van der Waals surface area contributed by atoms with E-state index < -0.39 is 12.0 Å². The van der Waals surface area contributed by atoms with E-state index in [9.17, 15) is 9.59 Å². The van der Waals surface area contributed by atoms with Gasteiger partial charge in [-0.25, -0.2) is 15.0 Å². The van der Waals surface area contributed by atoms with Crippen LogP contribution < -0.4 is 10.7 Å². The Hall–Kier alpha value is -3.58. The number of rotatable bonds is 5. The molecule has 1 heterocycles. The minimum absolute atomic E-state index is 0.0495. The lowest BCUT2D eigenvalue weighted by Gasteiger charge is -2.11. The van der Waals surface area contributed by atoms with E-state index in [4.69, 9.17) is 16.7 Å². The molecule has 0 saturated carbocycles. The highest BCUT2D eigenvalue weighted by molar-refractivity contribution is 6.33. The molecule has 2 amide bonds. The largest absolute Gasteiger partial charge is 0.478 e. The molecule has 0 aliphatic heterocycles. The maximum atomic E-state index is 12.0. The number of hydrogen-bond acceptors (Lipinski definition) is 3. The highest BCUT2D eigenvalue weighted by Gasteiger charge is 2.13. The molecule has 0 fully saturated rings. The first-order valence-electron chi connectivity index (χ1n) is 9.15. The smallest absolute Gasteiger partial charge is 0.339 e. The number of hydrogen-bond donors (Lipinski definition) is 3. The van der Waals surface area contributed by atoms with Gasteiger partial charge in [0.05, 0.1) is 16.8 Å². The van der Waals surface area contributed by atoms with E-state index in [1.807, 2.05) is 55.7 Å². The van der Waals surface area contributed by atoms with Gasteiger partial charge in [-0.15, -0.1) is 0 Å². The molecule has 30 heavy (non-hydrogen) atoms. The summed E-state index contributed by atoms with van der Waals surface area (Å²) in [5.41, 5.74) is 7.60. The minimum atomic E-state index is -1.07. The van der Waals surface area contributed by atoms with Crippen LogP contribution >= 0.6 is 11.6 Å². The first-order valence-corrected chi connectivity index (χ1v) is 9.53. The molecule has 0 saturated heterocycles. The fourth-order valence-electron chi connectivity index (χ4n) is 3.09. The molecule has 7 nitrogen and oxygen atoms in total. The number of aryl methyl sites for hydroxylation is 2. The number of aromatic nitrogens is 1. The second-order valence-electron chi connectivity index (χ2n) is 6.82. The Morgan fingerprint density at radius 2 is 1.77 bits per heavy atom. The van der Waals surface area contributed by atoms with E-state index in [1.54, 1.807) is 18.3 Å². The van der Waals surface area contributed by atoms with E-state index >= 15 is 0 Å². The summed E-state index contributed by atoms with van der Waals surface area (Å²) < 4.78 is 1.94. The molecule has 2 aromatic carbocycles. The summed E-state index contributed by atoms with van der Waals surface area (Å²) in [7, 11) is 0. The Kier molecular flexibility index (Phi) is 6.23. The lowest BCUT2D eigenvalue weighted by molar-refractivity contribution is 0.0697. The number of hydrazone groups is 1. The van der Waals surface area contributed by atoms with Gasteiger partial charge in [0, 0.05) is 28.3 Å². The van der Waals surface area contributed by atoms with Crippen molar-refractivity contribution in [1.29, 1.82) is 0 Å². The summed E-state index contributed by atoms with van der Waals surface area (Å²) in [6.45, 7) is 5.79. The van der Waals surface area contributed by atoms with Crippen molar-refractivity contribution in [2.45, 2.75) is 20.8 Å². The average molecular weight is 425 g/mol. The van der Waals surface area contributed by atoms with Crippen LogP contribution in [0, 0.1) is 20.8 Å². The Morgan fingerprint density at radius 3 is 2.40 bits per heavy atom. The molecule has 0 spiro atoms. The van der Waals surface area contributed by atoms with Crippen molar-refractivity contribution in [3.05, 3.63) is 81.6 Å². The third-order valence-electron chi connectivity index (χ3n) is 4.59. The molecule has 1 aromatic heterocycles. The molecule has 0 atom stereocenters. The molecule has 3 aromatic rings. The molecule has 0 unspecified atom stereocenters. The Bertz CT molecular complexity index is 1130. The van der Waals surface area contributed by atoms with Crippen molar-refractivity contribution >= 4 is 35.5 Å². The van der Waals surface area contributed by atoms with E-state index in [0.29, 0.717) is 5.69 Å². The van der Waals surface area contributed by atoms with Crippen LogP contribution in [0.4, 0.5) is 10.5 Å². The number of nitrogens with zero attached hydrogens (tertiary/aromatic N) is 2. The third-order valence-corrected chi connectivity index (χ3v) is 4.90. The zero-order chi connectivity index (χ0) is 21.8. The second kappa shape index (κ2) is 8.84. The molecule has 8 heteroatoms. The molecule has 0 bridgehead atoms. The summed E-state index contributed by atoms with van der Waals surface area (Å²) in [6, 6.07) is 13.7. The van der Waals surface area contributed by atoms with Crippen molar-refractivity contribution in [2.24, 2.45) is 5.10 Å². The summed E-state index contributed by atoms with van der Waals surface area (Å²) >= 11 is 6.10. The third kappa shape index (κ3) is 4.69. The standard InChI is InChI=1S/C22H21ClN4O3/c1-13-4-6-17(7-5-13)25-22(30)26-24-12-16-10-14(2)27(15(16)3)18-8-9-19(21(28)29)20(23)11-18/h4-12H,1-3H3,(H,28,29)(H2,25,26,30)/b24-12+. The number of carbonyl (C=O) groups is 2. The molecule has 3 N–H and O–H groups in total. The van der Waals surface area contributed by atoms with Crippen molar-refractivity contribution in [3.63, 3.8) is 0 Å². The van der Waals surface area contributed by atoms with Crippen molar-refractivity contribution in [2.75, 3.05) is 5.32 Å². The quantitative estimate of drug-likeness (QED) is 0.401. The summed E-state index contributed by atoms with van der Waals surface area (Å²) in [5.74, 6) is -1.07. The van der Waals surface area contributed by atoms with E-state index in [2.05, 4.69) is 15.8 Å². The van der Waals surface area contributed by atoms with Gasteiger partial charge in [-0.3, -0.25) is 0 Å². The highest BCUT2D eigenvalue weighted by atomic mass is 35.5. The van der Waals surface area contributed by atoms with Crippen molar-refractivity contribution in [3.8, 4) is 5.69 Å². The number of nitrogens with one attached hydrogen (secondary N) is 2. The number of anilines is 1. The number of carboxylic acid groups (broad SMARTS) is 1. The molecule has 0 aliphatic rings. The average Bonchev–Trinajstić information content (AvgIpc) is 2.96. The van der Waals surface area contributed by atoms with Crippen LogP contribution in [-0.2, 0) is 0 Å². The number of halogens is 1. The van der Waals surface area contributed by atoms with Crippen molar-refractivity contribution in [1.82, 2.24) is 9.99 Å². The fraction of sp³-hybridized carbons (Fsp3) is 0.136. The van der Waals surface area contributed by atoms with E-state index in [0.717, 1.165) is 28.2 Å². The van der Waals surface area contributed by atoms with Crippen LogP contribution in [0.5, 0.6) is 0 Å². The summed E-state index contributed by atoms with van der Waals surface area (Å²) in [6.07, 6.45) is 1.56. The Morgan fingerprint density at radius 1 is 1.07 bits per heavy atom. The number of carbonyl (C=O) groups excluding carboxylic acids is 1. The SMILES string of the molecule is Cc1ccc(NC(=O)N/N=C/c2cc(C)n(-c3ccc(C(=O)O)c(Cl)c3)c2C)cc1. The van der Waals surface area contributed by atoms with Gasteiger partial charge in [0.15, 0.2) is 0 Å². The molecule has 154 valence electrons. The maximum absolute atomic E-state index is 12.0. The Labute approximate surface area is 179 Å². The molecule has 0 radical (unpaired) electrons. The zero-order valence-electron chi connectivity index (χ0n) is 16.7. The first-order chi connectivity index (χ1) is 14.3. The summed E-state index contributed by atoms with van der Waals surface area (Å²) in [4.78, 5) is 23.1. The molecular formula is C22H21ClN4O3. The fourth-order valence-corrected chi connectivity index (χ4v) is 3.34. The van der Waals surface area contributed by atoms with E-state index in [1.165, 1.54) is 6.07 Å². The normalized spacial score (nSPS) is 10.9. The maximum Gasteiger partial charge on any atom is 0.339 e. The van der Waals surface area contributed by atoms with Crippen LogP contribution in [0.15, 0.2) is 53.6 Å². The van der Waals surface area contributed by atoms with Crippen LogP contribution in [0.25, 0.3) is 5.69 Å². The number of urea groups is 1. The Balaban J connectivity index is 1.73. The van der Waals surface area contributed by atoms with Crippen LogP contribution in [0.3, 0.4) is 0 Å². The van der Waals surface area contributed by atoms with Crippen LogP contribution in [0.2, 0.25) is 5.02 Å². The number of benzene rings is 2. The topological polar surface area (TPSA) is 95.7 Å². The number of amides is 2. The molecule has 3 rings (SSSR count). The van der Waals surface area contributed by atoms with Crippen LogP contribution in [0.1, 0.15) is 32.9 Å². The molecular weight excluding hydrogens is 404 g/mol. The first kappa shape index (κ1) is 21.1. The van der Waals surface area contributed by atoms with Gasteiger partial charge in [0.25, 0.3) is 0 Å². The van der Waals surface area contributed by atoms with Gasteiger partial charge in [-0.05, 0) is 57.2 Å². The summed E-state index contributed by atoms with van der Waals surface area (Å²) in [5, 5.41) is 16.0. The monoisotopic (exact) mass is 424 g/mol. The van der Waals surface area contributed by atoms with Crippen molar-refractivity contribution < 1.29 is 14.7 Å². The predicted octanol–water partition coefficient (Wildman–Crippen LogP) is 4.91. The minimum Gasteiger partial charge on any atom is -0.478 e. The zero-order valence-corrected chi connectivity index (χ0v) is 17.5. The van der Waals surface area contributed by atoms with Gasteiger partial charge >= 0.3 is 12.0 Å². The van der Waals surface area contributed by atoms with Gasteiger partial charge in [-0.2, -0.15) is 5.10 Å². The lowest BCUT2D eigenvalue weighted by atomic mass is 10.2. The van der Waals surface area contributed by atoms with E-state index in [-0.39, 0.29) is 10.6 Å². The van der Waals surface area contributed by atoms with Gasteiger partial charge < -0.3 is 15.0 Å². The lowest BCUT2D eigenvalue weighted by Crippen LogP contribution is -2.24. The number of aromatic carboxylic acids is 1. The highest BCUT2D eigenvalue weighted by Crippen LogP contribution is 2.25. The van der Waals surface area contributed by atoms with Crippen LogP contribution in [-0.4, -0.2) is 27.9 Å². The van der Waals surface area contributed by atoms with Gasteiger partial charge in [-0.1, -0.05) is 29.3 Å². The number of carboxylic acids is 1. The molecule has 0 aliphatic carbocycles. The predicted molar refractivity (Wildman–Crippen MR) is 118 cm³/mol. The van der Waals surface area contributed by atoms with Gasteiger partial charge in [0.1, 0.15) is 0 Å². The van der Waals surface area contributed by atoms with Gasteiger partial charge in [0.2, 0.25) is 0 Å². The second-order valence-corrected chi connectivity index (χ2v) is 7.23.